The summed E-state index contributed by atoms with van der Waals surface area (Å²) in [5.74, 6) is -0.528. The Morgan fingerprint density at radius 3 is 2.59 bits per heavy atom. The average molecular weight is 242 g/mol. The van der Waals surface area contributed by atoms with Crippen molar-refractivity contribution in [2.45, 2.75) is 45.7 Å². The molecule has 17 heavy (non-hydrogen) atoms. The van der Waals surface area contributed by atoms with Gasteiger partial charge in [-0.1, -0.05) is 13.8 Å². The Morgan fingerprint density at radius 1 is 1.41 bits per heavy atom. The third-order valence-corrected chi connectivity index (χ3v) is 3.38. The van der Waals surface area contributed by atoms with E-state index in [4.69, 9.17) is 5.11 Å². The first-order chi connectivity index (χ1) is 7.91. The van der Waals surface area contributed by atoms with Gasteiger partial charge in [-0.3, -0.25) is 14.5 Å². The Labute approximate surface area is 102 Å². The third-order valence-electron chi connectivity index (χ3n) is 3.38. The van der Waals surface area contributed by atoms with E-state index in [1.54, 1.807) is 4.90 Å². The molecule has 1 aliphatic rings. The fourth-order valence-corrected chi connectivity index (χ4v) is 1.95. The lowest BCUT2D eigenvalue weighted by atomic mass is 10.1. The molecular formula is C12H22N2O3. The van der Waals surface area contributed by atoms with Gasteiger partial charge in [0.05, 0.1) is 6.54 Å². The van der Waals surface area contributed by atoms with Crippen LogP contribution in [0.15, 0.2) is 0 Å². The maximum absolute atomic E-state index is 11.7. The summed E-state index contributed by atoms with van der Waals surface area (Å²) in [7, 11) is 0. The maximum atomic E-state index is 11.7. The number of carboxylic acid groups (broad SMARTS) is 1. The highest BCUT2D eigenvalue weighted by atomic mass is 16.4. The molecule has 1 heterocycles. The molecule has 5 nitrogen and oxygen atoms in total. The molecule has 0 spiro atoms. The second-order valence-corrected chi connectivity index (χ2v) is 5.07. The maximum Gasteiger partial charge on any atom is 0.320 e. The van der Waals surface area contributed by atoms with Gasteiger partial charge in [0.25, 0.3) is 0 Å². The highest BCUT2D eigenvalue weighted by Crippen LogP contribution is 2.16. The average Bonchev–Trinajstić information content (AvgIpc) is 2.65. The largest absolute Gasteiger partial charge is 0.480 e. The van der Waals surface area contributed by atoms with Crippen LogP contribution < -0.4 is 5.32 Å². The van der Waals surface area contributed by atoms with Crippen LogP contribution in [0.4, 0.5) is 0 Å². The number of carboxylic acids is 1. The number of rotatable bonds is 5. The molecular weight excluding hydrogens is 220 g/mol. The Morgan fingerprint density at radius 2 is 2.06 bits per heavy atom. The third kappa shape index (κ3) is 4.00. The Bertz CT molecular complexity index is 291. The van der Waals surface area contributed by atoms with E-state index < -0.39 is 12.0 Å². The Kier molecular flexibility index (Phi) is 4.93. The topological polar surface area (TPSA) is 69.6 Å². The molecule has 0 unspecified atom stereocenters. The van der Waals surface area contributed by atoms with Gasteiger partial charge < -0.3 is 10.4 Å². The van der Waals surface area contributed by atoms with Crippen LogP contribution in [-0.4, -0.2) is 47.1 Å². The van der Waals surface area contributed by atoms with E-state index in [0.717, 1.165) is 6.42 Å². The molecule has 0 aromatic heterocycles. The number of hydrogen-bond donors (Lipinski definition) is 2. The molecule has 2 N–H and O–H groups in total. The fraction of sp³-hybridized carbons (Fsp3) is 0.833. The van der Waals surface area contributed by atoms with E-state index >= 15 is 0 Å². The van der Waals surface area contributed by atoms with Gasteiger partial charge in [-0.2, -0.15) is 0 Å². The number of carbonyl (C=O) groups excluding carboxylic acids is 1. The van der Waals surface area contributed by atoms with Crippen molar-refractivity contribution in [2.24, 2.45) is 5.92 Å². The lowest BCUT2D eigenvalue weighted by Gasteiger charge is -2.23. The van der Waals surface area contributed by atoms with Gasteiger partial charge in [-0.15, -0.1) is 0 Å². The summed E-state index contributed by atoms with van der Waals surface area (Å²) in [6.45, 7) is 6.93. The van der Waals surface area contributed by atoms with Crippen LogP contribution in [0.2, 0.25) is 0 Å². The molecule has 0 radical (unpaired) electrons. The summed E-state index contributed by atoms with van der Waals surface area (Å²) in [4.78, 5) is 24.4. The van der Waals surface area contributed by atoms with Gasteiger partial charge in [-0.25, -0.2) is 0 Å². The summed E-state index contributed by atoms with van der Waals surface area (Å²) in [6.07, 6.45) is 1.49. The van der Waals surface area contributed by atoms with Crippen molar-refractivity contribution >= 4 is 11.9 Å². The van der Waals surface area contributed by atoms with Crippen molar-refractivity contribution < 1.29 is 14.7 Å². The highest BCUT2D eigenvalue weighted by molar-refractivity contribution is 5.80. The van der Waals surface area contributed by atoms with E-state index in [-0.39, 0.29) is 18.5 Å². The number of amides is 1. The van der Waals surface area contributed by atoms with E-state index in [1.165, 1.54) is 0 Å². The minimum absolute atomic E-state index is 0.0839. The van der Waals surface area contributed by atoms with E-state index in [0.29, 0.717) is 18.9 Å². The molecule has 0 aromatic carbocycles. The van der Waals surface area contributed by atoms with Gasteiger partial charge in [0.2, 0.25) is 5.91 Å². The summed E-state index contributed by atoms with van der Waals surface area (Å²) in [6, 6.07) is -0.372. The van der Waals surface area contributed by atoms with Crippen molar-refractivity contribution in [1.29, 1.82) is 0 Å². The van der Waals surface area contributed by atoms with Crippen LogP contribution in [-0.2, 0) is 9.59 Å². The molecule has 1 saturated heterocycles. The van der Waals surface area contributed by atoms with E-state index in [2.05, 4.69) is 5.32 Å². The molecule has 1 amide bonds. The summed E-state index contributed by atoms with van der Waals surface area (Å²) >= 11 is 0. The van der Waals surface area contributed by atoms with Crippen LogP contribution in [0.25, 0.3) is 0 Å². The van der Waals surface area contributed by atoms with E-state index in [9.17, 15) is 9.59 Å². The standard InChI is InChI=1S/C12H22N2O3/c1-8(2)9(3)13-11(15)7-14-6-4-5-10(14)12(16)17/h8-10H,4-7H2,1-3H3,(H,13,15)(H,16,17)/t9-,10-/m0/s1. The predicted octanol–water partition coefficient (Wildman–Crippen LogP) is 0.696. The Hall–Kier alpha value is -1.10. The molecule has 0 aliphatic carbocycles. The van der Waals surface area contributed by atoms with Crippen molar-refractivity contribution in [2.75, 3.05) is 13.1 Å². The quantitative estimate of drug-likeness (QED) is 0.744. The zero-order valence-electron chi connectivity index (χ0n) is 10.8. The zero-order chi connectivity index (χ0) is 13.0. The van der Waals surface area contributed by atoms with Crippen LogP contribution in [0, 0.1) is 5.92 Å². The first-order valence-corrected chi connectivity index (χ1v) is 6.18. The molecule has 0 bridgehead atoms. The lowest BCUT2D eigenvalue weighted by Crippen LogP contribution is -2.46. The number of aliphatic carboxylic acids is 1. The first-order valence-electron chi connectivity index (χ1n) is 6.18. The van der Waals surface area contributed by atoms with Crippen LogP contribution >= 0.6 is 0 Å². The minimum Gasteiger partial charge on any atom is -0.480 e. The number of hydrogen-bond acceptors (Lipinski definition) is 3. The number of likely N-dealkylation sites (tertiary alicyclic amines) is 1. The summed E-state index contributed by atoms with van der Waals surface area (Å²) in [5, 5.41) is 11.9. The molecule has 2 atom stereocenters. The molecule has 1 fully saturated rings. The van der Waals surface area contributed by atoms with E-state index in [1.807, 2.05) is 20.8 Å². The number of carbonyl (C=O) groups is 2. The second-order valence-electron chi connectivity index (χ2n) is 5.07. The molecule has 98 valence electrons. The van der Waals surface area contributed by atoms with Crippen LogP contribution in [0.3, 0.4) is 0 Å². The van der Waals surface area contributed by atoms with Gasteiger partial charge >= 0.3 is 5.97 Å². The molecule has 0 saturated carbocycles. The molecule has 5 heteroatoms. The SMILES string of the molecule is CC(C)[C@H](C)NC(=O)CN1CCC[C@H]1C(=O)O. The second kappa shape index (κ2) is 6.00. The van der Waals surface area contributed by atoms with Crippen molar-refractivity contribution in [3.05, 3.63) is 0 Å². The van der Waals surface area contributed by atoms with Gasteiger partial charge in [-0.05, 0) is 32.2 Å². The Balaban J connectivity index is 2.43. The van der Waals surface area contributed by atoms with Gasteiger partial charge in [0.1, 0.15) is 6.04 Å². The number of nitrogens with one attached hydrogen (secondary N) is 1. The zero-order valence-corrected chi connectivity index (χ0v) is 10.8. The summed E-state index contributed by atoms with van der Waals surface area (Å²) < 4.78 is 0. The smallest absolute Gasteiger partial charge is 0.320 e. The normalized spacial score (nSPS) is 22.7. The highest BCUT2D eigenvalue weighted by Gasteiger charge is 2.31. The van der Waals surface area contributed by atoms with Gasteiger partial charge in [0, 0.05) is 6.04 Å². The molecule has 1 rings (SSSR count). The van der Waals surface area contributed by atoms with Crippen LogP contribution in [0.5, 0.6) is 0 Å². The predicted molar refractivity (Wildman–Crippen MR) is 64.7 cm³/mol. The lowest BCUT2D eigenvalue weighted by molar-refractivity contribution is -0.142. The monoisotopic (exact) mass is 242 g/mol. The summed E-state index contributed by atoms with van der Waals surface area (Å²) in [5.41, 5.74) is 0. The van der Waals surface area contributed by atoms with Crippen molar-refractivity contribution in [3.63, 3.8) is 0 Å². The van der Waals surface area contributed by atoms with Crippen molar-refractivity contribution in [1.82, 2.24) is 10.2 Å². The minimum atomic E-state index is -0.827. The molecule has 0 aromatic rings. The number of nitrogens with zero attached hydrogens (tertiary/aromatic N) is 1. The molecule has 1 aliphatic heterocycles. The van der Waals surface area contributed by atoms with Crippen molar-refractivity contribution in [3.8, 4) is 0 Å². The van der Waals surface area contributed by atoms with Gasteiger partial charge in [0.15, 0.2) is 0 Å². The fourth-order valence-electron chi connectivity index (χ4n) is 1.95. The van der Waals surface area contributed by atoms with Crippen LogP contribution in [0.1, 0.15) is 33.6 Å². The first kappa shape index (κ1) is 14.0.